The van der Waals surface area contributed by atoms with Crippen LogP contribution in [0.3, 0.4) is 0 Å². The molecule has 5 heteroatoms. The van der Waals surface area contributed by atoms with Crippen LogP contribution in [0.5, 0.6) is 5.75 Å². The summed E-state index contributed by atoms with van der Waals surface area (Å²) in [5, 5.41) is 5.02. The standard InChI is InChI=1S/C29H24N2O3/c1-3-19-15-17-21(18-16-19)30-27-26(23-12-6-7-14-25(23)34-2)28(32)31(29(27)33)24-13-8-10-20-9-4-5-11-22(20)24/h4-18,30H,3H2,1-2H3. The highest BCUT2D eigenvalue weighted by Gasteiger charge is 2.41. The largest absolute Gasteiger partial charge is 0.496 e. The van der Waals surface area contributed by atoms with Gasteiger partial charge in [-0.1, -0.05) is 73.7 Å². The summed E-state index contributed by atoms with van der Waals surface area (Å²) in [6.45, 7) is 2.09. The van der Waals surface area contributed by atoms with Gasteiger partial charge in [0.2, 0.25) is 0 Å². The highest BCUT2D eigenvalue weighted by Crippen LogP contribution is 2.39. The summed E-state index contributed by atoms with van der Waals surface area (Å²) >= 11 is 0. The third-order valence-electron chi connectivity index (χ3n) is 6.10. The normalized spacial score (nSPS) is 13.6. The fourth-order valence-corrected chi connectivity index (χ4v) is 4.34. The summed E-state index contributed by atoms with van der Waals surface area (Å²) in [6.07, 6.45) is 0.918. The number of anilines is 2. The molecule has 5 nitrogen and oxygen atoms in total. The molecule has 0 spiro atoms. The van der Waals surface area contributed by atoms with Crippen molar-refractivity contribution in [3.05, 3.63) is 108 Å². The second-order valence-electron chi connectivity index (χ2n) is 8.07. The number of para-hydroxylation sites is 1. The quantitative estimate of drug-likeness (QED) is 0.378. The molecule has 0 aliphatic carbocycles. The summed E-state index contributed by atoms with van der Waals surface area (Å²) in [5.74, 6) is -0.264. The van der Waals surface area contributed by atoms with Gasteiger partial charge in [-0.25, -0.2) is 4.90 Å². The van der Waals surface area contributed by atoms with Crippen molar-refractivity contribution in [1.29, 1.82) is 0 Å². The Bertz CT molecular complexity index is 1430. The number of methoxy groups -OCH3 is 1. The molecule has 0 radical (unpaired) electrons. The molecule has 1 aliphatic heterocycles. The van der Waals surface area contributed by atoms with Crippen LogP contribution in [0.4, 0.5) is 11.4 Å². The van der Waals surface area contributed by atoms with Crippen molar-refractivity contribution in [3.63, 3.8) is 0 Å². The maximum Gasteiger partial charge on any atom is 0.282 e. The summed E-state index contributed by atoms with van der Waals surface area (Å²) < 4.78 is 5.54. The van der Waals surface area contributed by atoms with Gasteiger partial charge in [0.1, 0.15) is 11.4 Å². The number of aryl methyl sites for hydroxylation is 1. The molecule has 0 aromatic heterocycles. The Hall–Kier alpha value is -4.38. The van der Waals surface area contributed by atoms with Crippen molar-refractivity contribution in [1.82, 2.24) is 0 Å². The van der Waals surface area contributed by atoms with Crippen LogP contribution in [0.25, 0.3) is 16.3 Å². The van der Waals surface area contributed by atoms with E-state index in [1.54, 1.807) is 25.3 Å². The van der Waals surface area contributed by atoms with E-state index in [0.29, 0.717) is 17.0 Å². The molecule has 168 valence electrons. The molecule has 1 heterocycles. The minimum absolute atomic E-state index is 0.228. The number of hydrogen-bond acceptors (Lipinski definition) is 4. The number of carbonyl (C=O) groups is 2. The molecule has 0 fully saturated rings. The monoisotopic (exact) mass is 448 g/mol. The molecule has 0 saturated heterocycles. The Morgan fingerprint density at radius 1 is 0.794 bits per heavy atom. The van der Waals surface area contributed by atoms with Gasteiger partial charge in [0.15, 0.2) is 0 Å². The Morgan fingerprint density at radius 3 is 2.26 bits per heavy atom. The molecule has 0 saturated carbocycles. The van der Waals surface area contributed by atoms with Crippen LogP contribution in [-0.4, -0.2) is 18.9 Å². The minimum atomic E-state index is -0.401. The zero-order valence-corrected chi connectivity index (χ0v) is 19.0. The predicted molar refractivity (Wildman–Crippen MR) is 136 cm³/mol. The van der Waals surface area contributed by atoms with Gasteiger partial charge in [0.25, 0.3) is 11.8 Å². The summed E-state index contributed by atoms with van der Waals surface area (Å²) in [5.41, 5.74) is 3.57. The van der Waals surface area contributed by atoms with Gasteiger partial charge in [-0.15, -0.1) is 0 Å². The second-order valence-corrected chi connectivity index (χ2v) is 8.07. The molecule has 0 unspecified atom stereocenters. The number of imide groups is 1. The Balaban J connectivity index is 1.67. The molecule has 5 rings (SSSR count). The van der Waals surface area contributed by atoms with Gasteiger partial charge in [0, 0.05) is 16.6 Å². The van der Waals surface area contributed by atoms with Crippen LogP contribution >= 0.6 is 0 Å². The number of hydrogen-bond donors (Lipinski definition) is 1. The highest BCUT2D eigenvalue weighted by atomic mass is 16.5. The smallest absolute Gasteiger partial charge is 0.282 e. The molecule has 4 aromatic rings. The van der Waals surface area contributed by atoms with E-state index in [0.717, 1.165) is 22.9 Å². The second kappa shape index (κ2) is 8.87. The van der Waals surface area contributed by atoms with E-state index in [-0.39, 0.29) is 11.3 Å². The summed E-state index contributed by atoms with van der Waals surface area (Å²) in [4.78, 5) is 29.0. The van der Waals surface area contributed by atoms with Crippen LogP contribution in [0.1, 0.15) is 18.1 Å². The van der Waals surface area contributed by atoms with Gasteiger partial charge >= 0.3 is 0 Å². The maximum absolute atomic E-state index is 13.9. The number of carbonyl (C=O) groups excluding carboxylic acids is 2. The van der Waals surface area contributed by atoms with E-state index in [2.05, 4.69) is 12.2 Å². The summed E-state index contributed by atoms with van der Waals surface area (Å²) in [7, 11) is 1.56. The fourth-order valence-electron chi connectivity index (χ4n) is 4.34. The van der Waals surface area contributed by atoms with Crippen molar-refractivity contribution in [2.75, 3.05) is 17.3 Å². The average Bonchev–Trinajstić information content (AvgIpc) is 3.12. The van der Waals surface area contributed by atoms with E-state index in [4.69, 9.17) is 4.74 Å². The molecular formula is C29H24N2O3. The Labute approximate surface area is 198 Å². The fraction of sp³-hybridized carbons (Fsp3) is 0.103. The molecule has 4 aromatic carbocycles. The van der Waals surface area contributed by atoms with Crippen molar-refractivity contribution in [3.8, 4) is 5.75 Å². The first-order chi connectivity index (χ1) is 16.6. The van der Waals surface area contributed by atoms with Gasteiger partial charge in [-0.3, -0.25) is 9.59 Å². The first kappa shape index (κ1) is 21.5. The number of amides is 2. The number of fused-ring (bicyclic) bond motifs is 1. The van der Waals surface area contributed by atoms with Crippen molar-refractivity contribution in [2.24, 2.45) is 0 Å². The van der Waals surface area contributed by atoms with E-state index >= 15 is 0 Å². The molecule has 1 aliphatic rings. The molecule has 34 heavy (non-hydrogen) atoms. The molecule has 2 amide bonds. The van der Waals surface area contributed by atoms with Gasteiger partial charge < -0.3 is 10.1 Å². The zero-order chi connectivity index (χ0) is 23.7. The van der Waals surface area contributed by atoms with Crippen LogP contribution < -0.4 is 15.0 Å². The highest BCUT2D eigenvalue weighted by molar-refractivity contribution is 6.47. The number of nitrogens with zero attached hydrogens (tertiary/aromatic N) is 1. The van der Waals surface area contributed by atoms with Gasteiger partial charge in [-0.2, -0.15) is 0 Å². The first-order valence-electron chi connectivity index (χ1n) is 11.2. The van der Waals surface area contributed by atoms with Crippen LogP contribution in [-0.2, 0) is 16.0 Å². The molecular weight excluding hydrogens is 424 g/mol. The third-order valence-corrected chi connectivity index (χ3v) is 6.10. The lowest BCUT2D eigenvalue weighted by Crippen LogP contribution is -2.32. The average molecular weight is 449 g/mol. The third kappa shape index (κ3) is 3.61. The Kier molecular flexibility index (Phi) is 5.60. The maximum atomic E-state index is 13.9. The number of ether oxygens (including phenoxy) is 1. The lowest BCUT2D eigenvalue weighted by molar-refractivity contribution is -0.120. The minimum Gasteiger partial charge on any atom is -0.496 e. The van der Waals surface area contributed by atoms with Crippen molar-refractivity contribution < 1.29 is 14.3 Å². The first-order valence-corrected chi connectivity index (χ1v) is 11.2. The molecule has 1 N–H and O–H groups in total. The van der Waals surface area contributed by atoms with E-state index in [1.807, 2.05) is 72.8 Å². The van der Waals surface area contributed by atoms with Crippen molar-refractivity contribution in [2.45, 2.75) is 13.3 Å². The van der Waals surface area contributed by atoms with E-state index in [9.17, 15) is 9.59 Å². The summed E-state index contributed by atoms with van der Waals surface area (Å²) in [6, 6.07) is 28.5. The molecule has 0 bridgehead atoms. The van der Waals surface area contributed by atoms with Crippen LogP contribution in [0.2, 0.25) is 0 Å². The lowest BCUT2D eigenvalue weighted by atomic mass is 10.0. The topological polar surface area (TPSA) is 58.6 Å². The predicted octanol–water partition coefficient (Wildman–Crippen LogP) is 5.81. The van der Waals surface area contributed by atoms with Crippen LogP contribution in [0.15, 0.2) is 96.7 Å². The lowest BCUT2D eigenvalue weighted by Gasteiger charge is -2.18. The molecule has 0 atom stereocenters. The number of nitrogens with one attached hydrogen (secondary N) is 1. The number of rotatable bonds is 6. The Morgan fingerprint density at radius 2 is 1.50 bits per heavy atom. The van der Waals surface area contributed by atoms with Crippen molar-refractivity contribution >= 4 is 39.5 Å². The van der Waals surface area contributed by atoms with E-state index < -0.39 is 11.8 Å². The van der Waals surface area contributed by atoms with Gasteiger partial charge in [0.05, 0.1) is 18.4 Å². The van der Waals surface area contributed by atoms with E-state index in [1.165, 1.54) is 10.5 Å². The number of benzene rings is 4. The van der Waals surface area contributed by atoms with Crippen LogP contribution in [0, 0.1) is 0 Å². The van der Waals surface area contributed by atoms with Gasteiger partial charge in [-0.05, 0) is 41.6 Å². The zero-order valence-electron chi connectivity index (χ0n) is 19.0. The SMILES string of the molecule is CCc1ccc(NC2=C(c3ccccc3OC)C(=O)N(c3cccc4ccccc34)C2=O)cc1.